The normalized spacial score (nSPS) is 14.5. The van der Waals surface area contributed by atoms with Gasteiger partial charge in [0, 0.05) is 52.0 Å². The molecular weight excluding hydrogens is 424 g/mol. The molecule has 2 aromatic heterocycles. The van der Waals surface area contributed by atoms with Crippen LogP contribution in [0.15, 0.2) is 53.3 Å². The smallest absolute Gasteiger partial charge is 0.234 e. The molecular formula is C23H28N6O2S. The summed E-state index contributed by atoms with van der Waals surface area (Å²) in [6, 6.07) is 12.2. The van der Waals surface area contributed by atoms with E-state index in [1.165, 1.54) is 17.3 Å². The Bertz CT molecular complexity index is 1000. The van der Waals surface area contributed by atoms with Crippen LogP contribution in [0, 0.1) is 6.92 Å². The van der Waals surface area contributed by atoms with Crippen molar-refractivity contribution >= 4 is 29.0 Å². The number of para-hydroxylation sites is 2. The Morgan fingerprint density at radius 1 is 1.12 bits per heavy atom. The van der Waals surface area contributed by atoms with Crippen LogP contribution in [0.1, 0.15) is 17.3 Å². The van der Waals surface area contributed by atoms with Crippen molar-refractivity contribution < 1.29 is 9.32 Å². The molecule has 1 fully saturated rings. The minimum Gasteiger partial charge on any atom is -0.367 e. The summed E-state index contributed by atoms with van der Waals surface area (Å²) in [6.45, 7) is 6.70. The maximum atomic E-state index is 12.5. The predicted octanol–water partition coefficient (Wildman–Crippen LogP) is 3.01. The first kappa shape index (κ1) is 22.3. The van der Waals surface area contributed by atoms with Crippen LogP contribution >= 0.6 is 11.8 Å². The third-order valence-electron chi connectivity index (χ3n) is 5.39. The Labute approximate surface area is 192 Å². The highest BCUT2D eigenvalue weighted by molar-refractivity contribution is 7.99. The minimum absolute atomic E-state index is 0.0290. The predicted molar refractivity (Wildman–Crippen MR) is 127 cm³/mol. The van der Waals surface area contributed by atoms with Gasteiger partial charge in [-0.1, -0.05) is 17.3 Å². The average Bonchev–Trinajstić information content (AvgIpc) is 3.24. The van der Waals surface area contributed by atoms with E-state index in [1.54, 1.807) is 6.92 Å². The molecule has 0 bridgehead atoms. The molecule has 1 aliphatic heterocycles. The molecule has 8 nitrogen and oxygen atoms in total. The molecule has 32 heavy (non-hydrogen) atoms. The number of piperazine rings is 1. The summed E-state index contributed by atoms with van der Waals surface area (Å²) in [5, 5.41) is 6.93. The second-order valence-corrected chi connectivity index (χ2v) is 8.71. The third-order valence-corrected chi connectivity index (χ3v) is 6.32. The van der Waals surface area contributed by atoms with E-state index in [1.807, 2.05) is 30.6 Å². The first-order valence-corrected chi connectivity index (χ1v) is 11.9. The van der Waals surface area contributed by atoms with E-state index in [4.69, 9.17) is 4.52 Å². The lowest BCUT2D eigenvalue weighted by molar-refractivity contribution is -0.113. The Kier molecular flexibility index (Phi) is 7.73. The topological polar surface area (TPSA) is 87.4 Å². The van der Waals surface area contributed by atoms with E-state index in [2.05, 4.69) is 48.4 Å². The summed E-state index contributed by atoms with van der Waals surface area (Å²) in [6.07, 6.45) is 4.74. The number of thioether (sulfide) groups is 1. The summed E-state index contributed by atoms with van der Waals surface area (Å²) in [5.41, 5.74) is 3.26. The molecule has 1 aliphatic rings. The zero-order valence-electron chi connectivity index (χ0n) is 18.2. The number of carbonyl (C=O) groups is 1. The molecule has 0 aliphatic carbocycles. The molecule has 0 unspecified atom stereocenters. The van der Waals surface area contributed by atoms with Crippen molar-refractivity contribution in [2.75, 3.05) is 48.7 Å². The van der Waals surface area contributed by atoms with Crippen molar-refractivity contribution in [1.82, 2.24) is 20.0 Å². The molecule has 1 amide bonds. The molecule has 0 saturated carbocycles. The van der Waals surface area contributed by atoms with Crippen LogP contribution in [0.4, 0.5) is 11.4 Å². The molecule has 1 aromatic carbocycles. The Morgan fingerprint density at radius 2 is 1.91 bits per heavy atom. The van der Waals surface area contributed by atoms with Crippen LogP contribution in [0.3, 0.4) is 0 Å². The summed E-state index contributed by atoms with van der Waals surface area (Å²) in [7, 11) is 0. The van der Waals surface area contributed by atoms with Crippen LogP contribution in [0.5, 0.6) is 0 Å². The van der Waals surface area contributed by atoms with Crippen molar-refractivity contribution in [3.05, 3.63) is 66.1 Å². The molecule has 0 radical (unpaired) electrons. The largest absolute Gasteiger partial charge is 0.367 e. The average molecular weight is 453 g/mol. The van der Waals surface area contributed by atoms with Gasteiger partial charge in [-0.25, -0.2) is 0 Å². The molecule has 1 N–H and O–H groups in total. The highest BCUT2D eigenvalue weighted by atomic mass is 32.2. The van der Waals surface area contributed by atoms with Gasteiger partial charge in [0.25, 0.3) is 0 Å². The van der Waals surface area contributed by atoms with Gasteiger partial charge in [0.2, 0.25) is 11.8 Å². The van der Waals surface area contributed by atoms with E-state index in [9.17, 15) is 4.79 Å². The quantitative estimate of drug-likeness (QED) is 0.530. The van der Waals surface area contributed by atoms with Gasteiger partial charge < -0.3 is 14.7 Å². The van der Waals surface area contributed by atoms with Gasteiger partial charge >= 0.3 is 0 Å². The van der Waals surface area contributed by atoms with Crippen molar-refractivity contribution in [3.8, 4) is 0 Å². The highest BCUT2D eigenvalue weighted by Gasteiger charge is 2.19. The number of hydrogen-bond donors (Lipinski definition) is 1. The monoisotopic (exact) mass is 452 g/mol. The summed E-state index contributed by atoms with van der Waals surface area (Å²) in [4.78, 5) is 25.6. The van der Waals surface area contributed by atoms with Gasteiger partial charge in [-0.3, -0.25) is 14.7 Å². The Hall–Kier alpha value is -2.91. The van der Waals surface area contributed by atoms with Crippen LogP contribution in [0.25, 0.3) is 0 Å². The van der Waals surface area contributed by atoms with Crippen LogP contribution < -0.4 is 10.2 Å². The fourth-order valence-electron chi connectivity index (χ4n) is 3.73. The molecule has 1 saturated heterocycles. The summed E-state index contributed by atoms with van der Waals surface area (Å²) < 4.78 is 4.96. The lowest BCUT2D eigenvalue weighted by Gasteiger charge is -2.37. The van der Waals surface area contributed by atoms with Crippen LogP contribution in [-0.2, 0) is 17.0 Å². The minimum atomic E-state index is -0.0290. The lowest BCUT2D eigenvalue weighted by Crippen LogP contribution is -2.47. The number of benzene rings is 1. The first-order valence-electron chi connectivity index (χ1n) is 10.8. The van der Waals surface area contributed by atoms with Crippen LogP contribution in [-0.4, -0.2) is 64.4 Å². The van der Waals surface area contributed by atoms with E-state index in [0.717, 1.165) is 50.5 Å². The second kappa shape index (κ2) is 11.1. The van der Waals surface area contributed by atoms with E-state index in [-0.39, 0.29) is 5.91 Å². The van der Waals surface area contributed by atoms with Gasteiger partial charge in [-0.05, 0) is 36.2 Å². The third kappa shape index (κ3) is 6.30. The number of anilines is 2. The SMILES string of the molecule is Cc1nc(CSCC(=O)Nc2ccccc2N2CCN(CCc3ccncc3)CC2)no1. The molecule has 3 heterocycles. The number of rotatable bonds is 9. The maximum absolute atomic E-state index is 12.5. The molecule has 0 atom stereocenters. The van der Waals surface area contributed by atoms with Gasteiger partial charge in [0.15, 0.2) is 5.82 Å². The summed E-state index contributed by atoms with van der Waals surface area (Å²) >= 11 is 1.47. The molecule has 3 aromatic rings. The van der Waals surface area contributed by atoms with Crippen molar-refractivity contribution in [3.63, 3.8) is 0 Å². The summed E-state index contributed by atoms with van der Waals surface area (Å²) in [5.74, 6) is 2.01. The van der Waals surface area contributed by atoms with Gasteiger partial charge in [-0.2, -0.15) is 4.98 Å². The lowest BCUT2D eigenvalue weighted by atomic mass is 10.1. The maximum Gasteiger partial charge on any atom is 0.234 e. The number of pyridine rings is 1. The number of nitrogens with zero attached hydrogens (tertiary/aromatic N) is 5. The van der Waals surface area contributed by atoms with Crippen LogP contribution in [0.2, 0.25) is 0 Å². The van der Waals surface area contributed by atoms with Crippen molar-refractivity contribution in [2.45, 2.75) is 19.1 Å². The van der Waals surface area contributed by atoms with E-state index in [0.29, 0.717) is 23.2 Å². The zero-order valence-corrected chi connectivity index (χ0v) is 19.1. The highest BCUT2D eigenvalue weighted by Crippen LogP contribution is 2.27. The van der Waals surface area contributed by atoms with Gasteiger partial charge in [-0.15, -0.1) is 11.8 Å². The Morgan fingerprint density at radius 3 is 2.66 bits per heavy atom. The fourth-order valence-corrected chi connectivity index (χ4v) is 4.38. The molecule has 0 spiro atoms. The number of aromatic nitrogens is 3. The number of hydrogen-bond acceptors (Lipinski definition) is 8. The molecule has 168 valence electrons. The standard InChI is InChI=1S/C23H28N6O2S/c1-18-25-22(27-31-18)16-32-17-23(30)26-20-4-2-3-5-21(20)29-14-12-28(13-15-29)11-8-19-6-9-24-10-7-19/h2-7,9-10H,8,11-17H2,1H3,(H,26,30). The number of nitrogens with one attached hydrogen (secondary N) is 1. The van der Waals surface area contributed by atoms with Gasteiger partial charge in [0.1, 0.15) is 0 Å². The number of amides is 1. The fraction of sp³-hybridized carbons (Fsp3) is 0.391. The number of aryl methyl sites for hydroxylation is 1. The zero-order chi connectivity index (χ0) is 22.2. The first-order chi connectivity index (χ1) is 15.7. The number of carbonyl (C=O) groups excluding carboxylic acids is 1. The van der Waals surface area contributed by atoms with Crippen molar-refractivity contribution in [1.29, 1.82) is 0 Å². The van der Waals surface area contributed by atoms with E-state index >= 15 is 0 Å². The molecule has 4 rings (SSSR count). The van der Waals surface area contributed by atoms with Crippen molar-refractivity contribution in [2.24, 2.45) is 0 Å². The van der Waals surface area contributed by atoms with E-state index < -0.39 is 0 Å². The van der Waals surface area contributed by atoms with Gasteiger partial charge in [0.05, 0.1) is 22.9 Å². The second-order valence-electron chi connectivity index (χ2n) is 7.72. The molecule has 9 heteroatoms. The Balaban J connectivity index is 1.25.